The Morgan fingerprint density at radius 1 is 0.852 bits per heavy atom. The van der Waals surface area contributed by atoms with Crippen LogP contribution < -0.4 is 5.32 Å². The molecule has 1 aliphatic heterocycles. The van der Waals surface area contributed by atoms with Crippen LogP contribution in [0.15, 0.2) is 60.7 Å². The second kappa shape index (κ2) is 7.56. The molecule has 0 radical (unpaired) electrons. The molecule has 1 heterocycles. The minimum Gasteiger partial charge on any atom is -0.295 e. The summed E-state index contributed by atoms with van der Waals surface area (Å²) in [5.41, 5.74) is -0.803. The first-order chi connectivity index (χ1) is 12.8. The zero-order valence-corrected chi connectivity index (χ0v) is 14.6. The molecular weight excluding hydrogens is 363 g/mol. The number of hydrogen-bond donors (Lipinski definition) is 1. The molecule has 0 aliphatic carbocycles. The molecule has 1 aliphatic rings. The Balaban J connectivity index is 2.13. The van der Waals surface area contributed by atoms with E-state index in [0.29, 0.717) is 24.1 Å². The molecule has 27 heavy (non-hydrogen) atoms. The summed E-state index contributed by atoms with van der Waals surface area (Å²) >= 11 is 0. The van der Waals surface area contributed by atoms with Crippen molar-refractivity contribution in [1.82, 2.24) is 10.2 Å². The zero-order chi connectivity index (χ0) is 19.5. The van der Waals surface area contributed by atoms with Crippen LogP contribution in [0.1, 0.15) is 30.4 Å². The Bertz CT molecular complexity index is 725. The van der Waals surface area contributed by atoms with E-state index in [2.05, 4.69) is 5.32 Å². The summed E-state index contributed by atoms with van der Waals surface area (Å²) in [5.74, 6) is 0. The van der Waals surface area contributed by atoms with Crippen LogP contribution in [-0.2, 0) is 12.2 Å². The molecule has 2 aromatic carbocycles. The van der Waals surface area contributed by atoms with Crippen LogP contribution in [0, 0.1) is 0 Å². The minimum absolute atomic E-state index is 0.162. The predicted octanol–water partition coefficient (Wildman–Crippen LogP) is 5.27. The molecule has 1 atom stereocenters. The maximum Gasteiger partial charge on any atom is 0.469 e. The first kappa shape index (κ1) is 19.8. The third kappa shape index (κ3) is 3.84. The van der Waals surface area contributed by atoms with Crippen LogP contribution in [0.5, 0.6) is 0 Å². The van der Waals surface area contributed by atoms with Gasteiger partial charge in [-0.05, 0) is 36.9 Å². The van der Waals surface area contributed by atoms with E-state index in [9.17, 15) is 22.0 Å². The zero-order valence-electron chi connectivity index (χ0n) is 14.6. The third-order valence-electron chi connectivity index (χ3n) is 4.96. The highest BCUT2D eigenvalue weighted by Gasteiger charge is 2.66. The fraction of sp³-hybridized carbons (Fsp3) is 0.400. The number of piperidine rings is 1. The van der Waals surface area contributed by atoms with E-state index in [1.165, 1.54) is 0 Å². The topological polar surface area (TPSA) is 15.3 Å². The molecule has 1 saturated heterocycles. The van der Waals surface area contributed by atoms with Crippen LogP contribution >= 0.6 is 0 Å². The number of nitrogens with zero attached hydrogens (tertiary/aromatic N) is 1. The Labute approximate surface area is 155 Å². The summed E-state index contributed by atoms with van der Waals surface area (Å²) < 4.78 is 69.7. The SMILES string of the molecule is FC(F)(F)C(F)(F)N(Cc1ccccc1)C1(c2ccccc2)CCCCN1. The molecule has 0 amide bonds. The van der Waals surface area contributed by atoms with E-state index in [0.717, 1.165) is 6.42 Å². The van der Waals surface area contributed by atoms with E-state index in [1.54, 1.807) is 60.7 Å². The quantitative estimate of drug-likeness (QED) is 0.558. The van der Waals surface area contributed by atoms with Crippen molar-refractivity contribution >= 4 is 0 Å². The van der Waals surface area contributed by atoms with Gasteiger partial charge in [0, 0.05) is 6.54 Å². The van der Waals surface area contributed by atoms with Crippen molar-refractivity contribution < 1.29 is 22.0 Å². The molecule has 1 unspecified atom stereocenters. The summed E-state index contributed by atoms with van der Waals surface area (Å²) in [6, 6.07) is 11.3. The standard InChI is InChI=1S/C20H21F5N2/c21-19(22,23)20(24,25)27(15-16-9-3-1-4-10-16)18(13-7-8-14-26-18)17-11-5-2-6-12-17/h1-6,9-12,26H,7-8,13-15H2. The number of hydrogen-bond acceptors (Lipinski definition) is 2. The number of rotatable bonds is 5. The Morgan fingerprint density at radius 2 is 1.44 bits per heavy atom. The van der Waals surface area contributed by atoms with Gasteiger partial charge in [0.15, 0.2) is 0 Å². The third-order valence-corrected chi connectivity index (χ3v) is 4.96. The van der Waals surface area contributed by atoms with Crippen LogP contribution in [0.3, 0.4) is 0 Å². The van der Waals surface area contributed by atoms with Gasteiger partial charge >= 0.3 is 12.2 Å². The highest BCUT2D eigenvalue weighted by molar-refractivity contribution is 5.26. The smallest absolute Gasteiger partial charge is 0.295 e. The summed E-state index contributed by atoms with van der Waals surface area (Å²) in [4.78, 5) is 0.282. The molecule has 0 aromatic heterocycles. The van der Waals surface area contributed by atoms with Crippen LogP contribution in [0.25, 0.3) is 0 Å². The lowest BCUT2D eigenvalue weighted by atomic mass is 9.87. The van der Waals surface area contributed by atoms with Gasteiger partial charge in [0.1, 0.15) is 5.66 Å². The molecule has 146 valence electrons. The van der Waals surface area contributed by atoms with Crippen molar-refractivity contribution in [3.05, 3.63) is 71.8 Å². The minimum atomic E-state index is -5.69. The second-order valence-electron chi connectivity index (χ2n) is 6.72. The summed E-state index contributed by atoms with van der Waals surface area (Å²) in [6.07, 6.45) is -4.25. The van der Waals surface area contributed by atoms with Gasteiger partial charge < -0.3 is 0 Å². The van der Waals surface area contributed by atoms with Crippen molar-refractivity contribution in [2.45, 2.75) is 43.7 Å². The van der Waals surface area contributed by atoms with Crippen LogP contribution in [-0.4, -0.2) is 23.7 Å². The van der Waals surface area contributed by atoms with E-state index in [4.69, 9.17) is 0 Å². The largest absolute Gasteiger partial charge is 0.469 e. The lowest BCUT2D eigenvalue weighted by Crippen LogP contribution is -2.66. The van der Waals surface area contributed by atoms with Crippen molar-refractivity contribution in [3.8, 4) is 0 Å². The second-order valence-corrected chi connectivity index (χ2v) is 6.72. The first-order valence-corrected chi connectivity index (χ1v) is 8.84. The van der Waals surface area contributed by atoms with Gasteiger partial charge in [-0.1, -0.05) is 60.7 Å². The van der Waals surface area contributed by atoms with Gasteiger partial charge in [-0.25, -0.2) is 4.90 Å². The number of halogens is 5. The average Bonchev–Trinajstić information content (AvgIpc) is 2.67. The van der Waals surface area contributed by atoms with Gasteiger partial charge in [0.05, 0.1) is 0 Å². The van der Waals surface area contributed by atoms with E-state index < -0.39 is 24.4 Å². The molecule has 0 spiro atoms. The summed E-state index contributed by atoms with van der Waals surface area (Å²) in [7, 11) is 0. The van der Waals surface area contributed by atoms with Gasteiger partial charge in [-0.15, -0.1) is 0 Å². The molecule has 3 rings (SSSR count). The summed E-state index contributed by atoms with van der Waals surface area (Å²) in [6.45, 7) is -0.163. The van der Waals surface area contributed by atoms with E-state index in [-0.39, 0.29) is 11.3 Å². The highest BCUT2D eigenvalue weighted by Crippen LogP contribution is 2.47. The van der Waals surface area contributed by atoms with Gasteiger partial charge in [-0.2, -0.15) is 22.0 Å². The molecular formula is C20H21F5N2. The Kier molecular flexibility index (Phi) is 5.53. The Morgan fingerprint density at radius 3 is 1.96 bits per heavy atom. The van der Waals surface area contributed by atoms with Crippen molar-refractivity contribution in [2.75, 3.05) is 6.54 Å². The molecule has 2 aromatic rings. The van der Waals surface area contributed by atoms with Gasteiger partial charge in [-0.3, -0.25) is 5.32 Å². The Hall–Kier alpha value is -1.99. The lowest BCUT2D eigenvalue weighted by Gasteiger charge is -2.50. The van der Waals surface area contributed by atoms with E-state index in [1.807, 2.05) is 0 Å². The molecule has 1 fully saturated rings. The molecule has 1 N–H and O–H groups in total. The van der Waals surface area contributed by atoms with Crippen molar-refractivity contribution in [1.29, 1.82) is 0 Å². The predicted molar refractivity (Wildman–Crippen MR) is 93.0 cm³/mol. The number of alkyl halides is 5. The molecule has 0 saturated carbocycles. The first-order valence-electron chi connectivity index (χ1n) is 8.84. The molecule has 0 bridgehead atoms. The maximum atomic E-state index is 14.8. The highest BCUT2D eigenvalue weighted by atomic mass is 19.4. The summed E-state index contributed by atoms with van der Waals surface area (Å²) in [5, 5.41) is 2.99. The van der Waals surface area contributed by atoms with Crippen LogP contribution in [0.2, 0.25) is 0 Å². The fourth-order valence-corrected chi connectivity index (χ4v) is 3.63. The van der Waals surface area contributed by atoms with Crippen molar-refractivity contribution in [3.63, 3.8) is 0 Å². The van der Waals surface area contributed by atoms with E-state index >= 15 is 0 Å². The fourth-order valence-electron chi connectivity index (χ4n) is 3.63. The maximum absolute atomic E-state index is 14.8. The normalized spacial score (nSPS) is 21.4. The van der Waals surface area contributed by atoms with Gasteiger partial charge in [0.2, 0.25) is 0 Å². The number of nitrogens with one attached hydrogen (secondary N) is 1. The average molecular weight is 384 g/mol. The molecule has 7 heteroatoms. The number of benzene rings is 2. The van der Waals surface area contributed by atoms with Gasteiger partial charge in [0.25, 0.3) is 0 Å². The lowest BCUT2D eigenvalue weighted by molar-refractivity contribution is -0.365. The molecule has 2 nitrogen and oxygen atoms in total. The van der Waals surface area contributed by atoms with Crippen molar-refractivity contribution in [2.24, 2.45) is 0 Å². The van der Waals surface area contributed by atoms with Crippen LogP contribution in [0.4, 0.5) is 22.0 Å². The monoisotopic (exact) mass is 384 g/mol.